The van der Waals surface area contributed by atoms with Crippen LogP contribution in [-0.4, -0.2) is 23.0 Å². The maximum atomic E-state index is 12.4. The van der Waals surface area contributed by atoms with E-state index in [0.29, 0.717) is 5.56 Å². The molecule has 3 aromatic rings. The maximum absolute atomic E-state index is 12.4. The average molecular weight is 545 g/mol. The second-order valence-corrected chi connectivity index (χ2v) is 7.70. The molecule has 1 aromatic heterocycles. The van der Waals surface area contributed by atoms with E-state index in [2.05, 4.69) is 55.4 Å². The summed E-state index contributed by atoms with van der Waals surface area (Å²) in [6.45, 7) is 0.249. The lowest BCUT2D eigenvalue weighted by molar-refractivity contribution is 0.0473. The van der Waals surface area contributed by atoms with E-state index in [9.17, 15) is 4.79 Å². The zero-order valence-corrected chi connectivity index (χ0v) is 17.1. The Kier molecular flexibility index (Phi) is 5.49. The van der Waals surface area contributed by atoms with Crippen LogP contribution in [0.4, 0.5) is 5.82 Å². The summed E-state index contributed by atoms with van der Waals surface area (Å²) in [6.07, 6.45) is 1.53. The fourth-order valence-electron chi connectivity index (χ4n) is 2.28. The number of rotatable bonds is 4. The van der Waals surface area contributed by atoms with Crippen LogP contribution in [0.25, 0.3) is 10.9 Å². The molecule has 0 aliphatic rings. The standard InChI is InChI=1S/C17H13I2N3O2/c1-22(19)16-13-7-12(8-14(18)15(13)20-10-21-16)17(23)24-9-11-5-3-2-4-6-11/h2-8,10H,9H2,1H3. The van der Waals surface area contributed by atoms with Crippen molar-refractivity contribution >= 4 is 68.1 Å². The van der Waals surface area contributed by atoms with E-state index in [1.165, 1.54) is 6.33 Å². The summed E-state index contributed by atoms with van der Waals surface area (Å²) in [6, 6.07) is 13.2. The fraction of sp³-hybridized carbons (Fsp3) is 0.118. The molecule has 7 heteroatoms. The van der Waals surface area contributed by atoms with E-state index in [4.69, 9.17) is 4.74 Å². The molecule has 0 unspecified atom stereocenters. The first-order valence-electron chi connectivity index (χ1n) is 7.11. The third-order valence-corrected chi connectivity index (χ3v) is 4.69. The van der Waals surface area contributed by atoms with Crippen LogP contribution < -0.4 is 3.11 Å². The van der Waals surface area contributed by atoms with Gasteiger partial charge in [-0.2, -0.15) is 0 Å². The van der Waals surface area contributed by atoms with Gasteiger partial charge < -0.3 is 7.85 Å². The summed E-state index contributed by atoms with van der Waals surface area (Å²) in [7, 11) is 1.90. The Balaban J connectivity index is 1.91. The third kappa shape index (κ3) is 3.77. The number of halogens is 2. The van der Waals surface area contributed by atoms with Gasteiger partial charge in [-0.3, -0.25) is 0 Å². The van der Waals surface area contributed by atoms with Crippen molar-refractivity contribution in [2.45, 2.75) is 6.61 Å². The first-order valence-corrected chi connectivity index (χ1v) is 9.15. The molecule has 2 aromatic carbocycles. The van der Waals surface area contributed by atoms with Crippen molar-refractivity contribution in [1.29, 1.82) is 0 Å². The SMILES string of the molecule is CN(I)c1ncnc2c(I)cc(C(=O)OCc3ccccc3)cc12. The summed E-state index contributed by atoms with van der Waals surface area (Å²) in [4.78, 5) is 21.0. The molecule has 0 bridgehead atoms. The number of hydrogen-bond donors (Lipinski definition) is 0. The van der Waals surface area contributed by atoms with Gasteiger partial charge in [0.25, 0.3) is 0 Å². The van der Waals surface area contributed by atoms with E-state index < -0.39 is 0 Å². The number of esters is 1. The lowest BCUT2D eigenvalue weighted by atomic mass is 10.1. The molecule has 0 saturated heterocycles. The van der Waals surface area contributed by atoms with Gasteiger partial charge in [-0.1, -0.05) is 30.3 Å². The topological polar surface area (TPSA) is 55.3 Å². The van der Waals surface area contributed by atoms with Crippen LogP contribution >= 0.6 is 45.5 Å². The molecular formula is C17H13I2N3O2. The molecular weight excluding hydrogens is 532 g/mol. The van der Waals surface area contributed by atoms with Crippen LogP contribution in [0.15, 0.2) is 48.8 Å². The highest BCUT2D eigenvalue weighted by atomic mass is 127. The van der Waals surface area contributed by atoms with Gasteiger partial charge in [0, 0.05) is 16.0 Å². The zero-order valence-electron chi connectivity index (χ0n) is 12.7. The molecule has 0 aliphatic heterocycles. The van der Waals surface area contributed by atoms with Crippen LogP contribution in [0.5, 0.6) is 0 Å². The number of hydrogen-bond acceptors (Lipinski definition) is 5. The molecule has 122 valence electrons. The smallest absolute Gasteiger partial charge is 0.338 e. The summed E-state index contributed by atoms with van der Waals surface area (Å²) in [5, 5.41) is 0.827. The van der Waals surface area contributed by atoms with E-state index >= 15 is 0 Å². The summed E-state index contributed by atoms with van der Waals surface area (Å²) >= 11 is 4.32. The van der Waals surface area contributed by atoms with Gasteiger partial charge in [0.15, 0.2) is 0 Å². The first-order chi connectivity index (χ1) is 11.6. The number of aromatic nitrogens is 2. The second kappa shape index (κ2) is 7.60. The van der Waals surface area contributed by atoms with Crippen LogP contribution in [0.2, 0.25) is 0 Å². The van der Waals surface area contributed by atoms with Gasteiger partial charge in [-0.05, 0) is 40.3 Å². The molecule has 0 spiro atoms. The van der Waals surface area contributed by atoms with E-state index in [1.54, 1.807) is 12.1 Å². The number of fused-ring (bicyclic) bond motifs is 1. The molecule has 0 amide bonds. The van der Waals surface area contributed by atoms with Crippen molar-refractivity contribution in [1.82, 2.24) is 9.97 Å². The lowest BCUT2D eigenvalue weighted by Gasteiger charge is -2.13. The van der Waals surface area contributed by atoms with E-state index in [-0.39, 0.29) is 12.6 Å². The Bertz CT molecular complexity index is 886. The summed E-state index contributed by atoms with van der Waals surface area (Å²) < 4.78 is 8.18. The van der Waals surface area contributed by atoms with Gasteiger partial charge >= 0.3 is 5.97 Å². The first kappa shape index (κ1) is 17.3. The van der Waals surface area contributed by atoms with Crippen molar-refractivity contribution in [2.75, 3.05) is 10.2 Å². The quantitative estimate of drug-likeness (QED) is 0.277. The van der Waals surface area contributed by atoms with Gasteiger partial charge in [0.2, 0.25) is 0 Å². The third-order valence-electron chi connectivity index (χ3n) is 3.41. The highest BCUT2D eigenvalue weighted by Gasteiger charge is 2.15. The molecule has 24 heavy (non-hydrogen) atoms. The number of carbonyl (C=O) groups is 1. The fourth-order valence-corrected chi connectivity index (χ4v) is 3.43. The predicted molar refractivity (Wildman–Crippen MR) is 110 cm³/mol. The second-order valence-electron chi connectivity index (χ2n) is 5.09. The molecule has 0 radical (unpaired) electrons. The highest BCUT2D eigenvalue weighted by Crippen LogP contribution is 2.29. The summed E-state index contributed by atoms with van der Waals surface area (Å²) in [5.74, 6) is 0.404. The number of carbonyl (C=O) groups excluding carboxylic acids is 1. The minimum absolute atomic E-state index is 0.249. The van der Waals surface area contributed by atoms with Crippen molar-refractivity contribution in [3.05, 3.63) is 63.5 Å². The van der Waals surface area contributed by atoms with Crippen LogP contribution in [0.1, 0.15) is 15.9 Å². The molecule has 0 saturated carbocycles. The number of benzene rings is 2. The monoisotopic (exact) mass is 545 g/mol. The predicted octanol–water partition coefficient (Wildman–Crippen LogP) is 4.38. The van der Waals surface area contributed by atoms with E-state index in [1.807, 2.05) is 40.5 Å². The zero-order chi connectivity index (χ0) is 17.1. The Hall–Kier alpha value is -1.49. The number of anilines is 1. The van der Waals surface area contributed by atoms with Crippen molar-refractivity contribution in [3.8, 4) is 0 Å². The van der Waals surface area contributed by atoms with Crippen molar-refractivity contribution in [2.24, 2.45) is 0 Å². The van der Waals surface area contributed by atoms with Crippen LogP contribution in [0, 0.1) is 3.57 Å². The Morgan fingerprint density at radius 2 is 1.96 bits per heavy atom. The van der Waals surface area contributed by atoms with Gasteiger partial charge in [-0.15, -0.1) is 0 Å². The minimum atomic E-state index is -0.357. The molecule has 3 rings (SSSR count). The molecule has 0 fully saturated rings. The van der Waals surface area contributed by atoms with Gasteiger partial charge in [0.05, 0.1) is 33.9 Å². The lowest BCUT2D eigenvalue weighted by Crippen LogP contribution is -2.08. The Morgan fingerprint density at radius 1 is 1.21 bits per heavy atom. The van der Waals surface area contributed by atoms with E-state index in [0.717, 1.165) is 25.9 Å². The average Bonchev–Trinajstić information content (AvgIpc) is 2.60. The molecule has 1 heterocycles. The number of ether oxygens (including phenoxy) is 1. The minimum Gasteiger partial charge on any atom is -0.457 e. The van der Waals surface area contributed by atoms with Crippen molar-refractivity contribution in [3.63, 3.8) is 0 Å². The molecule has 0 atom stereocenters. The van der Waals surface area contributed by atoms with Gasteiger partial charge in [-0.25, -0.2) is 14.8 Å². The van der Waals surface area contributed by atoms with Crippen LogP contribution in [-0.2, 0) is 11.3 Å². The maximum Gasteiger partial charge on any atom is 0.338 e. The largest absolute Gasteiger partial charge is 0.457 e. The Labute approximate surface area is 167 Å². The van der Waals surface area contributed by atoms with Crippen molar-refractivity contribution < 1.29 is 9.53 Å². The normalized spacial score (nSPS) is 10.6. The van der Waals surface area contributed by atoms with Crippen LogP contribution in [0.3, 0.4) is 0 Å². The molecule has 0 N–H and O–H groups in total. The number of nitrogens with zero attached hydrogens (tertiary/aromatic N) is 3. The highest BCUT2D eigenvalue weighted by molar-refractivity contribution is 14.1. The summed E-state index contributed by atoms with van der Waals surface area (Å²) in [5.41, 5.74) is 2.28. The molecule has 5 nitrogen and oxygen atoms in total. The molecule has 0 aliphatic carbocycles. The van der Waals surface area contributed by atoms with Gasteiger partial charge in [0.1, 0.15) is 18.8 Å². The Morgan fingerprint density at radius 3 is 2.67 bits per heavy atom.